The van der Waals surface area contributed by atoms with Crippen molar-refractivity contribution in [2.24, 2.45) is 0 Å². The van der Waals surface area contributed by atoms with Crippen molar-refractivity contribution in [2.75, 3.05) is 0 Å². The molecule has 0 atom stereocenters. The van der Waals surface area contributed by atoms with Crippen LogP contribution in [-0.2, 0) is 15.5 Å². The van der Waals surface area contributed by atoms with Crippen molar-refractivity contribution < 1.29 is 8.42 Å². The number of nitrogens with zero attached hydrogens (tertiary/aromatic N) is 1. The molecule has 0 aliphatic rings. The molecular weight excluding hydrogens is 246 g/mol. The molecule has 0 aliphatic heterocycles. The lowest BCUT2D eigenvalue weighted by atomic mass is 10.1. The van der Waals surface area contributed by atoms with E-state index in [1.54, 1.807) is 18.3 Å². The Morgan fingerprint density at radius 1 is 1.31 bits per heavy atom. The lowest BCUT2D eigenvalue weighted by Crippen LogP contribution is -1.96. The molecule has 0 unspecified atom stereocenters. The van der Waals surface area contributed by atoms with Crippen LogP contribution in [0.2, 0.25) is 0 Å². The number of hydrogen-bond acceptors (Lipinski definition) is 3. The van der Waals surface area contributed by atoms with Crippen molar-refractivity contribution in [1.29, 1.82) is 0 Å². The van der Waals surface area contributed by atoms with E-state index in [1.807, 2.05) is 13.0 Å². The molecule has 0 N–H and O–H groups in total. The fraction of sp³-hybridized carbons (Fsp3) is 0.182. The minimum absolute atomic E-state index is 0.0713. The average molecular weight is 256 g/mol. The van der Waals surface area contributed by atoms with Crippen LogP contribution in [0.25, 0.3) is 10.9 Å². The average Bonchev–Trinajstić information content (AvgIpc) is 2.26. The number of fused-ring (bicyclic) bond motifs is 1. The predicted octanol–water partition coefficient (Wildman–Crippen LogP) is 2.72. The van der Waals surface area contributed by atoms with Gasteiger partial charge in [0, 0.05) is 22.3 Å². The van der Waals surface area contributed by atoms with Gasteiger partial charge in [0.1, 0.15) is 4.90 Å². The molecule has 0 aliphatic carbocycles. The van der Waals surface area contributed by atoms with Gasteiger partial charge < -0.3 is 0 Å². The molecule has 0 fully saturated rings. The molecule has 5 heteroatoms. The maximum Gasteiger partial charge on any atom is 0.263 e. The molecule has 1 aromatic heterocycles. The summed E-state index contributed by atoms with van der Waals surface area (Å²) in [5, 5.41) is 0.840. The molecule has 0 saturated carbocycles. The van der Waals surface area contributed by atoms with Crippen LogP contribution >= 0.6 is 10.7 Å². The summed E-state index contributed by atoms with van der Waals surface area (Å²) < 4.78 is 22.7. The smallest absolute Gasteiger partial charge is 0.255 e. The SMILES string of the molecule is CCc1ccc(S(=O)(=O)Cl)c2ncccc12. The standard InChI is InChI=1S/C11H10ClNO2S/c1-2-8-5-6-10(16(12,14)15)11-9(8)4-3-7-13-11/h3-7H,2H2,1H3. The monoisotopic (exact) mass is 255 g/mol. The Balaban J connectivity index is 2.91. The molecule has 0 spiro atoms. The largest absolute Gasteiger partial charge is 0.263 e. The van der Waals surface area contributed by atoms with Gasteiger partial charge >= 0.3 is 0 Å². The van der Waals surface area contributed by atoms with Crippen molar-refractivity contribution in [3.8, 4) is 0 Å². The van der Waals surface area contributed by atoms with Gasteiger partial charge in [-0.1, -0.05) is 19.1 Å². The molecule has 0 radical (unpaired) electrons. The van der Waals surface area contributed by atoms with Crippen molar-refractivity contribution >= 4 is 30.6 Å². The van der Waals surface area contributed by atoms with Crippen LogP contribution in [0.15, 0.2) is 35.4 Å². The summed E-state index contributed by atoms with van der Waals surface area (Å²) in [5.74, 6) is 0. The van der Waals surface area contributed by atoms with Gasteiger partial charge in [0.15, 0.2) is 0 Å². The molecule has 1 aromatic carbocycles. The zero-order valence-corrected chi connectivity index (χ0v) is 10.2. The molecule has 0 bridgehead atoms. The Morgan fingerprint density at radius 2 is 2.06 bits per heavy atom. The summed E-state index contributed by atoms with van der Waals surface area (Å²) in [6.07, 6.45) is 2.39. The van der Waals surface area contributed by atoms with E-state index in [0.29, 0.717) is 5.52 Å². The van der Waals surface area contributed by atoms with Crippen LogP contribution in [0.4, 0.5) is 0 Å². The first-order chi connectivity index (χ1) is 7.54. The van der Waals surface area contributed by atoms with Crippen molar-refractivity contribution in [1.82, 2.24) is 4.98 Å². The number of pyridine rings is 1. The number of benzene rings is 1. The lowest BCUT2D eigenvalue weighted by Gasteiger charge is -2.06. The quantitative estimate of drug-likeness (QED) is 0.776. The van der Waals surface area contributed by atoms with E-state index in [0.717, 1.165) is 17.4 Å². The van der Waals surface area contributed by atoms with E-state index in [-0.39, 0.29) is 4.90 Å². The van der Waals surface area contributed by atoms with E-state index >= 15 is 0 Å². The molecule has 1 heterocycles. The van der Waals surface area contributed by atoms with Crippen molar-refractivity contribution in [3.63, 3.8) is 0 Å². The third-order valence-electron chi connectivity index (χ3n) is 2.47. The Morgan fingerprint density at radius 3 is 2.69 bits per heavy atom. The summed E-state index contributed by atoms with van der Waals surface area (Å²) in [6, 6.07) is 6.93. The van der Waals surface area contributed by atoms with Gasteiger partial charge in [-0.3, -0.25) is 4.98 Å². The summed E-state index contributed by atoms with van der Waals surface area (Å²) in [6.45, 7) is 2.01. The second-order valence-electron chi connectivity index (χ2n) is 3.41. The number of rotatable bonds is 2. The lowest BCUT2D eigenvalue weighted by molar-refractivity contribution is 0.610. The van der Waals surface area contributed by atoms with E-state index in [9.17, 15) is 8.42 Å². The number of halogens is 1. The summed E-state index contributed by atoms with van der Waals surface area (Å²) >= 11 is 0. The fourth-order valence-corrected chi connectivity index (χ4v) is 2.71. The molecule has 16 heavy (non-hydrogen) atoms. The summed E-state index contributed by atoms with van der Waals surface area (Å²) in [4.78, 5) is 4.16. The van der Waals surface area contributed by atoms with Crippen molar-refractivity contribution in [2.45, 2.75) is 18.2 Å². The highest BCUT2D eigenvalue weighted by Gasteiger charge is 2.16. The van der Waals surface area contributed by atoms with Crippen LogP contribution in [0.1, 0.15) is 12.5 Å². The maximum absolute atomic E-state index is 11.4. The number of hydrogen-bond donors (Lipinski definition) is 0. The fourth-order valence-electron chi connectivity index (χ4n) is 1.71. The van der Waals surface area contributed by atoms with Crippen LogP contribution in [0, 0.1) is 0 Å². The first kappa shape index (κ1) is 11.4. The second-order valence-corrected chi connectivity index (χ2v) is 5.95. The first-order valence-electron chi connectivity index (χ1n) is 4.85. The highest BCUT2D eigenvalue weighted by molar-refractivity contribution is 8.14. The van der Waals surface area contributed by atoms with Crippen LogP contribution in [-0.4, -0.2) is 13.4 Å². The molecule has 84 valence electrons. The molecule has 0 saturated heterocycles. The van der Waals surface area contributed by atoms with E-state index < -0.39 is 9.05 Å². The Bertz CT molecular complexity index is 637. The Labute approximate surface area is 98.5 Å². The molecule has 0 amide bonds. The summed E-state index contributed by atoms with van der Waals surface area (Å²) in [7, 11) is 1.62. The minimum atomic E-state index is -3.74. The third-order valence-corrected chi connectivity index (χ3v) is 3.82. The zero-order chi connectivity index (χ0) is 11.8. The minimum Gasteiger partial charge on any atom is -0.255 e. The zero-order valence-electron chi connectivity index (χ0n) is 8.64. The highest BCUT2D eigenvalue weighted by Crippen LogP contribution is 2.26. The van der Waals surface area contributed by atoms with Crippen LogP contribution in [0.3, 0.4) is 0 Å². The molecule has 2 aromatic rings. The summed E-state index contributed by atoms with van der Waals surface area (Å²) in [5.41, 5.74) is 1.50. The first-order valence-corrected chi connectivity index (χ1v) is 7.16. The van der Waals surface area contributed by atoms with E-state index in [4.69, 9.17) is 10.7 Å². The van der Waals surface area contributed by atoms with Gasteiger partial charge in [-0.2, -0.15) is 0 Å². The molecule has 2 rings (SSSR count). The van der Waals surface area contributed by atoms with Crippen LogP contribution in [0.5, 0.6) is 0 Å². The van der Waals surface area contributed by atoms with Gasteiger partial charge in [-0.05, 0) is 24.1 Å². The normalized spacial score (nSPS) is 11.9. The van der Waals surface area contributed by atoms with Gasteiger partial charge in [-0.25, -0.2) is 8.42 Å². The van der Waals surface area contributed by atoms with Gasteiger partial charge in [-0.15, -0.1) is 0 Å². The van der Waals surface area contributed by atoms with Crippen molar-refractivity contribution in [3.05, 3.63) is 36.0 Å². The molecular formula is C11H10ClNO2S. The van der Waals surface area contributed by atoms with E-state index in [1.165, 1.54) is 6.07 Å². The molecule has 3 nitrogen and oxygen atoms in total. The highest BCUT2D eigenvalue weighted by atomic mass is 35.7. The number of aryl methyl sites for hydroxylation is 1. The van der Waals surface area contributed by atoms with Gasteiger partial charge in [0.05, 0.1) is 5.52 Å². The Kier molecular flexibility index (Phi) is 2.86. The van der Waals surface area contributed by atoms with Gasteiger partial charge in [0.25, 0.3) is 9.05 Å². The Hall–Kier alpha value is -1.13. The topological polar surface area (TPSA) is 47.0 Å². The second kappa shape index (κ2) is 4.03. The van der Waals surface area contributed by atoms with Crippen LogP contribution < -0.4 is 0 Å². The van der Waals surface area contributed by atoms with E-state index in [2.05, 4.69) is 4.98 Å². The predicted molar refractivity (Wildman–Crippen MR) is 64.2 cm³/mol. The maximum atomic E-state index is 11.4. The van der Waals surface area contributed by atoms with Gasteiger partial charge in [0.2, 0.25) is 0 Å². The third kappa shape index (κ3) is 1.90. The number of aromatic nitrogens is 1.